The summed E-state index contributed by atoms with van der Waals surface area (Å²) in [6, 6.07) is 0.493. The number of amides is 1. The van der Waals surface area contributed by atoms with E-state index in [1.54, 1.807) is 0 Å². The zero-order valence-electron chi connectivity index (χ0n) is 8.26. The fraction of sp³-hybridized carbons (Fsp3) is 0.900. The van der Waals surface area contributed by atoms with Gasteiger partial charge in [0.15, 0.2) is 0 Å². The molecule has 1 rings (SSSR count). The van der Waals surface area contributed by atoms with E-state index in [2.05, 4.69) is 15.9 Å². The first-order chi connectivity index (χ1) is 6.25. The molecule has 0 saturated heterocycles. The van der Waals surface area contributed by atoms with Crippen LogP contribution in [0.4, 0.5) is 0 Å². The van der Waals surface area contributed by atoms with Gasteiger partial charge in [-0.1, -0.05) is 41.6 Å². The molecule has 0 atom stereocenters. The Morgan fingerprint density at radius 2 is 1.85 bits per heavy atom. The van der Waals surface area contributed by atoms with E-state index < -0.39 is 0 Å². The van der Waals surface area contributed by atoms with Gasteiger partial charge in [0.25, 0.3) is 0 Å². The molecule has 0 unspecified atom stereocenters. The lowest BCUT2D eigenvalue weighted by atomic mass is 10.1. The van der Waals surface area contributed by atoms with E-state index in [0.29, 0.717) is 11.4 Å². The van der Waals surface area contributed by atoms with Crippen molar-refractivity contribution in [2.45, 2.75) is 44.6 Å². The van der Waals surface area contributed by atoms with Crippen LogP contribution < -0.4 is 0 Å². The highest BCUT2D eigenvalue weighted by molar-refractivity contribution is 9.09. The molecule has 0 spiro atoms. The van der Waals surface area contributed by atoms with Crippen molar-refractivity contribution in [3.63, 3.8) is 0 Å². The van der Waals surface area contributed by atoms with Crippen molar-refractivity contribution in [3.8, 4) is 0 Å². The van der Waals surface area contributed by atoms with Crippen molar-refractivity contribution in [3.05, 3.63) is 0 Å². The molecule has 1 saturated carbocycles. The lowest BCUT2D eigenvalue weighted by molar-refractivity contribution is -0.129. The van der Waals surface area contributed by atoms with E-state index in [-0.39, 0.29) is 5.91 Å². The Balaban J connectivity index is 2.43. The average molecular weight is 248 g/mol. The minimum Gasteiger partial charge on any atom is -0.342 e. The number of rotatable bonds is 2. The molecule has 1 aliphatic carbocycles. The third-order valence-electron chi connectivity index (χ3n) is 2.88. The van der Waals surface area contributed by atoms with Crippen molar-refractivity contribution < 1.29 is 4.79 Å². The van der Waals surface area contributed by atoms with Gasteiger partial charge in [0, 0.05) is 13.1 Å². The first kappa shape index (κ1) is 11.0. The molecule has 0 aromatic rings. The number of halogens is 1. The molecule has 0 aromatic carbocycles. The fourth-order valence-corrected chi connectivity index (χ4v) is 2.34. The van der Waals surface area contributed by atoms with Crippen LogP contribution in [0.5, 0.6) is 0 Å². The van der Waals surface area contributed by atoms with Crippen LogP contribution in [0.2, 0.25) is 0 Å². The monoisotopic (exact) mass is 247 g/mol. The van der Waals surface area contributed by atoms with Crippen LogP contribution in [0.1, 0.15) is 38.5 Å². The third-order valence-corrected chi connectivity index (χ3v) is 3.36. The highest BCUT2D eigenvalue weighted by Crippen LogP contribution is 2.21. The Bertz CT molecular complexity index is 164. The number of hydrogen-bond donors (Lipinski definition) is 0. The number of alkyl halides is 1. The smallest absolute Gasteiger partial charge is 0.233 e. The summed E-state index contributed by atoms with van der Waals surface area (Å²) in [7, 11) is 1.93. The number of carbonyl (C=O) groups is 1. The van der Waals surface area contributed by atoms with Crippen LogP contribution in [-0.2, 0) is 4.79 Å². The first-order valence-corrected chi connectivity index (χ1v) is 6.19. The van der Waals surface area contributed by atoms with Crippen LogP contribution in [0.3, 0.4) is 0 Å². The van der Waals surface area contributed by atoms with E-state index in [4.69, 9.17) is 0 Å². The largest absolute Gasteiger partial charge is 0.342 e. The van der Waals surface area contributed by atoms with Gasteiger partial charge in [0.2, 0.25) is 5.91 Å². The summed E-state index contributed by atoms with van der Waals surface area (Å²) in [6.45, 7) is 0. The predicted molar refractivity (Wildman–Crippen MR) is 58.1 cm³/mol. The molecule has 1 amide bonds. The van der Waals surface area contributed by atoms with Crippen molar-refractivity contribution in [2.75, 3.05) is 12.4 Å². The number of nitrogens with zero attached hydrogens (tertiary/aromatic N) is 1. The molecule has 76 valence electrons. The topological polar surface area (TPSA) is 20.3 Å². The molecule has 1 aliphatic rings. The van der Waals surface area contributed by atoms with Crippen molar-refractivity contribution in [1.29, 1.82) is 0 Å². The van der Waals surface area contributed by atoms with E-state index in [1.165, 1.54) is 38.5 Å². The molecule has 0 heterocycles. The van der Waals surface area contributed by atoms with Gasteiger partial charge in [0.1, 0.15) is 0 Å². The van der Waals surface area contributed by atoms with Gasteiger partial charge in [-0.25, -0.2) is 0 Å². The number of hydrogen-bond acceptors (Lipinski definition) is 1. The van der Waals surface area contributed by atoms with Crippen LogP contribution >= 0.6 is 15.9 Å². The normalized spacial score (nSPS) is 19.5. The first-order valence-electron chi connectivity index (χ1n) is 5.07. The second-order valence-electron chi connectivity index (χ2n) is 3.78. The second kappa shape index (κ2) is 5.63. The maximum atomic E-state index is 11.4. The zero-order chi connectivity index (χ0) is 9.68. The molecule has 0 aromatic heterocycles. The molecule has 2 nitrogen and oxygen atoms in total. The van der Waals surface area contributed by atoms with Crippen LogP contribution in [0.25, 0.3) is 0 Å². The van der Waals surface area contributed by atoms with Gasteiger partial charge in [-0.05, 0) is 12.8 Å². The lowest BCUT2D eigenvalue weighted by Crippen LogP contribution is -2.37. The fourth-order valence-electron chi connectivity index (χ4n) is 1.94. The maximum absolute atomic E-state index is 11.4. The minimum absolute atomic E-state index is 0.215. The molecule has 3 heteroatoms. The Labute approximate surface area is 88.8 Å². The quantitative estimate of drug-likeness (QED) is 0.543. The van der Waals surface area contributed by atoms with E-state index in [0.717, 1.165) is 0 Å². The summed E-state index contributed by atoms with van der Waals surface area (Å²) < 4.78 is 0. The lowest BCUT2D eigenvalue weighted by Gasteiger charge is -2.26. The standard InChI is InChI=1S/C10H18BrNO/c1-12(10(13)8-11)9-6-4-2-3-5-7-9/h9H,2-8H2,1H3. The summed E-state index contributed by atoms with van der Waals surface area (Å²) in [5.74, 6) is 0.215. The number of carbonyl (C=O) groups excluding carboxylic acids is 1. The van der Waals surface area contributed by atoms with Crippen LogP contribution in [-0.4, -0.2) is 29.2 Å². The van der Waals surface area contributed by atoms with Crippen molar-refractivity contribution >= 4 is 21.8 Å². The third kappa shape index (κ3) is 3.29. The van der Waals surface area contributed by atoms with E-state index in [9.17, 15) is 4.79 Å². The average Bonchev–Trinajstić information content (AvgIpc) is 2.43. The van der Waals surface area contributed by atoms with Gasteiger partial charge < -0.3 is 4.90 Å². The SMILES string of the molecule is CN(C(=O)CBr)C1CCCCCC1. The van der Waals surface area contributed by atoms with Crippen LogP contribution in [0.15, 0.2) is 0 Å². The summed E-state index contributed by atoms with van der Waals surface area (Å²) >= 11 is 3.21. The highest BCUT2D eigenvalue weighted by atomic mass is 79.9. The Hall–Kier alpha value is -0.0500. The summed E-state index contributed by atoms with van der Waals surface area (Å²) in [6.07, 6.45) is 7.62. The van der Waals surface area contributed by atoms with Gasteiger partial charge in [0.05, 0.1) is 5.33 Å². The van der Waals surface area contributed by atoms with Gasteiger partial charge in [-0.3, -0.25) is 4.79 Å². The molecule has 0 bridgehead atoms. The Kier molecular flexibility index (Phi) is 4.78. The molecular weight excluding hydrogens is 230 g/mol. The van der Waals surface area contributed by atoms with Gasteiger partial charge in [-0.2, -0.15) is 0 Å². The molecule has 13 heavy (non-hydrogen) atoms. The van der Waals surface area contributed by atoms with Crippen molar-refractivity contribution in [1.82, 2.24) is 4.90 Å². The predicted octanol–water partition coefficient (Wildman–Crippen LogP) is 2.56. The Morgan fingerprint density at radius 3 is 2.31 bits per heavy atom. The van der Waals surface area contributed by atoms with Gasteiger partial charge in [-0.15, -0.1) is 0 Å². The molecule has 0 N–H and O–H groups in total. The second-order valence-corrected chi connectivity index (χ2v) is 4.34. The maximum Gasteiger partial charge on any atom is 0.233 e. The zero-order valence-corrected chi connectivity index (χ0v) is 9.85. The Morgan fingerprint density at radius 1 is 1.31 bits per heavy atom. The van der Waals surface area contributed by atoms with Crippen LogP contribution in [0, 0.1) is 0 Å². The summed E-state index contributed by atoms with van der Waals surface area (Å²) in [4.78, 5) is 13.3. The summed E-state index contributed by atoms with van der Waals surface area (Å²) in [5.41, 5.74) is 0. The minimum atomic E-state index is 0.215. The highest BCUT2D eigenvalue weighted by Gasteiger charge is 2.19. The van der Waals surface area contributed by atoms with Crippen molar-refractivity contribution in [2.24, 2.45) is 0 Å². The van der Waals surface area contributed by atoms with Gasteiger partial charge >= 0.3 is 0 Å². The molecule has 0 radical (unpaired) electrons. The molecule has 0 aliphatic heterocycles. The molecular formula is C10H18BrNO. The van der Waals surface area contributed by atoms with E-state index in [1.807, 2.05) is 11.9 Å². The summed E-state index contributed by atoms with van der Waals surface area (Å²) in [5, 5.41) is 0.458. The molecule has 1 fully saturated rings. The van der Waals surface area contributed by atoms with E-state index >= 15 is 0 Å².